The average Bonchev–Trinajstić information content (AvgIpc) is 2.27. The number of alkyl halides is 3. The van der Waals surface area contributed by atoms with Crippen molar-refractivity contribution in [3.8, 4) is 22.6 Å². The molecule has 94 valence electrons. The third kappa shape index (κ3) is 3.16. The van der Waals surface area contributed by atoms with Crippen LogP contribution in [0.5, 0.6) is 11.5 Å². The van der Waals surface area contributed by atoms with Crippen molar-refractivity contribution in [1.29, 1.82) is 0 Å². The first-order valence-corrected chi connectivity index (χ1v) is 5.09. The second-order valence-electron chi connectivity index (χ2n) is 3.63. The van der Waals surface area contributed by atoms with Crippen molar-refractivity contribution in [3.63, 3.8) is 0 Å². The molecular weight excluding hydrogens is 245 g/mol. The molecule has 0 saturated carbocycles. The van der Waals surface area contributed by atoms with Crippen molar-refractivity contribution in [3.05, 3.63) is 48.5 Å². The Morgan fingerprint density at radius 2 is 1.50 bits per heavy atom. The highest BCUT2D eigenvalue weighted by atomic mass is 19.4. The van der Waals surface area contributed by atoms with Crippen LogP contribution in [0, 0.1) is 0 Å². The maximum atomic E-state index is 12.1. The van der Waals surface area contributed by atoms with Gasteiger partial charge in [-0.25, -0.2) is 0 Å². The van der Waals surface area contributed by atoms with Crippen molar-refractivity contribution in [2.24, 2.45) is 0 Å². The van der Waals surface area contributed by atoms with Crippen LogP contribution in [0.25, 0.3) is 11.1 Å². The maximum Gasteiger partial charge on any atom is 0.573 e. The summed E-state index contributed by atoms with van der Waals surface area (Å²) in [5.74, 6) is -0.238. The first-order chi connectivity index (χ1) is 8.44. The van der Waals surface area contributed by atoms with Crippen LogP contribution in [0.15, 0.2) is 48.5 Å². The number of benzene rings is 2. The molecule has 0 bridgehead atoms. The number of phenols is 1. The van der Waals surface area contributed by atoms with Gasteiger partial charge in [0.15, 0.2) is 0 Å². The van der Waals surface area contributed by atoms with Crippen molar-refractivity contribution >= 4 is 0 Å². The second-order valence-corrected chi connectivity index (χ2v) is 3.63. The summed E-state index contributed by atoms with van der Waals surface area (Å²) in [5, 5.41) is 9.32. The van der Waals surface area contributed by atoms with Gasteiger partial charge in [-0.1, -0.05) is 24.3 Å². The number of rotatable bonds is 2. The van der Waals surface area contributed by atoms with Crippen molar-refractivity contribution in [1.82, 2.24) is 0 Å². The number of halogens is 3. The van der Waals surface area contributed by atoms with Gasteiger partial charge >= 0.3 is 6.36 Å². The largest absolute Gasteiger partial charge is 0.573 e. The van der Waals surface area contributed by atoms with Gasteiger partial charge in [-0.2, -0.15) is 0 Å². The third-order valence-corrected chi connectivity index (χ3v) is 2.25. The van der Waals surface area contributed by atoms with Crippen LogP contribution >= 0.6 is 0 Å². The number of hydrogen-bond acceptors (Lipinski definition) is 2. The van der Waals surface area contributed by atoms with E-state index in [4.69, 9.17) is 0 Å². The molecular formula is C13H9F3O2. The lowest BCUT2D eigenvalue weighted by molar-refractivity contribution is -0.274. The molecule has 0 aliphatic rings. The molecule has 2 rings (SSSR count). The molecule has 0 aromatic heterocycles. The number of phenolic OH excluding ortho intramolecular Hbond substituents is 1. The summed E-state index contributed by atoms with van der Waals surface area (Å²) in [6.07, 6.45) is -4.71. The Hall–Kier alpha value is -2.17. The van der Waals surface area contributed by atoms with Gasteiger partial charge in [-0.05, 0) is 35.4 Å². The van der Waals surface area contributed by atoms with E-state index in [0.717, 1.165) is 0 Å². The molecule has 0 fully saturated rings. The van der Waals surface area contributed by atoms with Crippen molar-refractivity contribution < 1.29 is 23.0 Å². The highest BCUT2D eigenvalue weighted by molar-refractivity contribution is 5.66. The molecule has 0 atom stereocenters. The van der Waals surface area contributed by atoms with Crippen LogP contribution < -0.4 is 4.74 Å². The Morgan fingerprint density at radius 3 is 2.11 bits per heavy atom. The average molecular weight is 254 g/mol. The molecule has 0 aliphatic carbocycles. The molecule has 2 aromatic rings. The predicted molar refractivity (Wildman–Crippen MR) is 60.2 cm³/mol. The molecule has 0 radical (unpaired) electrons. The molecule has 0 aliphatic heterocycles. The summed E-state index contributed by atoms with van der Waals surface area (Å²) >= 11 is 0. The van der Waals surface area contributed by atoms with E-state index in [1.54, 1.807) is 18.2 Å². The summed E-state index contributed by atoms with van der Waals surface area (Å²) < 4.78 is 40.1. The molecule has 0 spiro atoms. The van der Waals surface area contributed by atoms with E-state index in [1.165, 1.54) is 30.3 Å². The van der Waals surface area contributed by atoms with Crippen LogP contribution in [0.4, 0.5) is 13.2 Å². The minimum atomic E-state index is -4.71. The van der Waals surface area contributed by atoms with Gasteiger partial charge < -0.3 is 9.84 Å². The third-order valence-electron chi connectivity index (χ3n) is 2.25. The smallest absolute Gasteiger partial charge is 0.508 e. The Labute approximate surface area is 101 Å². The fraction of sp³-hybridized carbons (Fsp3) is 0.0769. The predicted octanol–water partition coefficient (Wildman–Crippen LogP) is 3.96. The summed E-state index contributed by atoms with van der Waals surface area (Å²) in [6, 6.07) is 11.8. The molecule has 1 N–H and O–H groups in total. The lowest BCUT2D eigenvalue weighted by Crippen LogP contribution is -2.17. The fourth-order valence-corrected chi connectivity index (χ4v) is 1.56. The molecule has 0 amide bonds. The van der Waals surface area contributed by atoms with Crippen LogP contribution in [0.2, 0.25) is 0 Å². The monoisotopic (exact) mass is 254 g/mol. The maximum absolute atomic E-state index is 12.1. The van der Waals surface area contributed by atoms with E-state index < -0.39 is 6.36 Å². The summed E-state index contributed by atoms with van der Waals surface area (Å²) in [7, 11) is 0. The van der Waals surface area contributed by atoms with E-state index in [9.17, 15) is 18.3 Å². The molecule has 0 saturated heterocycles. The van der Waals surface area contributed by atoms with Gasteiger partial charge in [0.1, 0.15) is 11.5 Å². The molecule has 0 heterocycles. The van der Waals surface area contributed by atoms with Crippen LogP contribution in [-0.4, -0.2) is 11.5 Å². The van der Waals surface area contributed by atoms with Crippen LogP contribution in [0.3, 0.4) is 0 Å². The minimum absolute atomic E-state index is 0.0506. The lowest BCUT2D eigenvalue weighted by Gasteiger charge is -2.10. The Morgan fingerprint density at radius 1 is 0.889 bits per heavy atom. The first-order valence-electron chi connectivity index (χ1n) is 5.09. The minimum Gasteiger partial charge on any atom is -0.508 e. The summed E-state index contributed by atoms with van der Waals surface area (Å²) in [4.78, 5) is 0. The highest BCUT2D eigenvalue weighted by Gasteiger charge is 2.31. The standard InChI is InChI=1S/C13H9F3O2/c14-13(15,16)18-12-6-2-4-10(8-12)9-3-1-5-11(17)7-9/h1-8,17H. The van der Waals surface area contributed by atoms with Gasteiger partial charge in [0.25, 0.3) is 0 Å². The molecule has 18 heavy (non-hydrogen) atoms. The topological polar surface area (TPSA) is 29.5 Å². The summed E-state index contributed by atoms with van der Waals surface area (Å²) in [6.45, 7) is 0. The van der Waals surface area contributed by atoms with E-state index in [1.807, 2.05) is 0 Å². The SMILES string of the molecule is Oc1cccc(-c2cccc(OC(F)(F)F)c2)c1. The van der Waals surface area contributed by atoms with Crippen molar-refractivity contribution in [2.45, 2.75) is 6.36 Å². The zero-order valence-electron chi connectivity index (χ0n) is 9.11. The number of ether oxygens (including phenoxy) is 1. The lowest BCUT2D eigenvalue weighted by atomic mass is 10.1. The van der Waals surface area contributed by atoms with E-state index in [2.05, 4.69) is 4.74 Å². The number of aromatic hydroxyl groups is 1. The van der Waals surface area contributed by atoms with E-state index in [0.29, 0.717) is 11.1 Å². The van der Waals surface area contributed by atoms with Gasteiger partial charge in [-0.3, -0.25) is 0 Å². The summed E-state index contributed by atoms with van der Waals surface area (Å²) in [5.41, 5.74) is 1.15. The fourth-order valence-electron chi connectivity index (χ4n) is 1.56. The highest BCUT2D eigenvalue weighted by Crippen LogP contribution is 2.29. The van der Waals surface area contributed by atoms with E-state index in [-0.39, 0.29) is 11.5 Å². The Kier molecular flexibility index (Phi) is 3.14. The van der Waals surface area contributed by atoms with Gasteiger partial charge in [0.05, 0.1) is 0 Å². The quantitative estimate of drug-likeness (QED) is 0.879. The molecule has 5 heteroatoms. The van der Waals surface area contributed by atoms with Crippen LogP contribution in [0.1, 0.15) is 0 Å². The van der Waals surface area contributed by atoms with E-state index >= 15 is 0 Å². The Bertz CT molecular complexity index is 550. The number of hydrogen-bond donors (Lipinski definition) is 1. The molecule has 2 nitrogen and oxygen atoms in total. The van der Waals surface area contributed by atoms with Crippen molar-refractivity contribution in [2.75, 3.05) is 0 Å². The second kappa shape index (κ2) is 4.60. The zero-order chi connectivity index (χ0) is 13.2. The van der Waals surface area contributed by atoms with Gasteiger partial charge in [0.2, 0.25) is 0 Å². The van der Waals surface area contributed by atoms with Gasteiger partial charge in [0, 0.05) is 0 Å². The van der Waals surface area contributed by atoms with Crippen LogP contribution in [-0.2, 0) is 0 Å². The molecule has 2 aromatic carbocycles. The first kappa shape index (κ1) is 12.3. The van der Waals surface area contributed by atoms with Gasteiger partial charge in [-0.15, -0.1) is 13.2 Å². The molecule has 0 unspecified atom stereocenters. The normalized spacial score (nSPS) is 11.3. The zero-order valence-corrected chi connectivity index (χ0v) is 9.11. The Balaban J connectivity index is 2.33.